The summed E-state index contributed by atoms with van der Waals surface area (Å²) < 4.78 is 0. The SMILES string of the molecule is CN(C(=O)C1CCNCC1)C(Cc1ccc2ccccc2c1)C(=O)NC(Cc1ccc2ccccc2c1)C(N)=S. The predicted octanol–water partition coefficient (Wildman–Crippen LogP) is 4.38. The molecule has 1 fully saturated rings. The summed E-state index contributed by atoms with van der Waals surface area (Å²) in [4.78, 5) is 29.3. The first-order valence-corrected chi connectivity index (χ1v) is 14.3. The van der Waals surface area contributed by atoms with Gasteiger partial charge in [-0.1, -0.05) is 97.1 Å². The number of piperidine rings is 1. The number of fused-ring (bicyclic) bond motifs is 2. The standard InChI is InChI=1S/C33H36N4O2S/c1-37(33(39)26-14-16-35-17-15-26)30(21-23-11-13-25-7-3-5-9-28(25)19-23)32(38)36-29(31(34)40)20-22-10-12-24-6-2-4-8-27(24)18-22/h2-13,18-19,26,29-30,35H,14-17,20-21H2,1H3,(H2,34,40)(H,36,38). The van der Waals surface area contributed by atoms with Crippen LogP contribution in [0.4, 0.5) is 0 Å². The Labute approximate surface area is 240 Å². The van der Waals surface area contributed by atoms with Crippen molar-refractivity contribution in [2.24, 2.45) is 11.7 Å². The summed E-state index contributed by atoms with van der Waals surface area (Å²) in [6.07, 6.45) is 2.40. The molecule has 1 saturated heterocycles. The zero-order chi connectivity index (χ0) is 28.1. The number of carbonyl (C=O) groups excluding carboxylic acids is 2. The van der Waals surface area contributed by atoms with Crippen LogP contribution < -0.4 is 16.4 Å². The summed E-state index contributed by atoms with van der Waals surface area (Å²) in [5.41, 5.74) is 8.16. The minimum absolute atomic E-state index is 0.00356. The molecule has 4 aromatic carbocycles. The fraction of sp³-hybridized carbons (Fsp3) is 0.303. The van der Waals surface area contributed by atoms with Crippen LogP contribution in [0.15, 0.2) is 84.9 Å². The van der Waals surface area contributed by atoms with Crippen molar-refractivity contribution in [3.63, 3.8) is 0 Å². The van der Waals surface area contributed by atoms with Gasteiger partial charge in [0.1, 0.15) is 6.04 Å². The molecule has 2 amide bonds. The van der Waals surface area contributed by atoms with Gasteiger partial charge in [-0.3, -0.25) is 9.59 Å². The Morgan fingerprint density at radius 2 is 1.40 bits per heavy atom. The molecule has 0 aliphatic carbocycles. The average Bonchev–Trinajstić information content (AvgIpc) is 2.99. The Morgan fingerprint density at radius 3 is 1.95 bits per heavy atom. The smallest absolute Gasteiger partial charge is 0.243 e. The third-order valence-corrected chi connectivity index (χ3v) is 8.25. The first kappa shape index (κ1) is 27.7. The van der Waals surface area contributed by atoms with Gasteiger partial charge >= 0.3 is 0 Å². The van der Waals surface area contributed by atoms with Gasteiger partial charge in [0.2, 0.25) is 11.8 Å². The van der Waals surface area contributed by atoms with Crippen LogP contribution >= 0.6 is 12.2 Å². The molecule has 2 atom stereocenters. The van der Waals surface area contributed by atoms with Crippen LogP contribution in [0.25, 0.3) is 21.5 Å². The third-order valence-electron chi connectivity index (χ3n) is 7.96. The van der Waals surface area contributed by atoms with Crippen molar-refractivity contribution < 1.29 is 9.59 Å². The van der Waals surface area contributed by atoms with E-state index >= 15 is 0 Å². The molecule has 0 bridgehead atoms. The zero-order valence-electron chi connectivity index (χ0n) is 22.8. The van der Waals surface area contributed by atoms with Crippen molar-refractivity contribution >= 4 is 50.6 Å². The molecule has 0 aromatic heterocycles. The minimum Gasteiger partial charge on any atom is -0.392 e. The quantitative estimate of drug-likeness (QED) is 0.269. The van der Waals surface area contributed by atoms with Crippen LogP contribution in [0, 0.1) is 5.92 Å². The predicted molar refractivity (Wildman–Crippen MR) is 166 cm³/mol. The van der Waals surface area contributed by atoms with Gasteiger partial charge < -0.3 is 21.3 Å². The lowest BCUT2D eigenvalue weighted by Gasteiger charge is -2.33. The number of benzene rings is 4. The lowest BCUT2D eigenvalue weighted by molar-refractivity contribution is -0.142. The molecule has 40 heavy (non-hydrogen) atoms. The van der Waals surface area contributed by atoms with E-state index in [-0.39, 0.29) is 22.7 Å². The van der Waals surface area contributed by atoms with Gasteiger partial charge in [-0.05, 0) is 65.0 Å². The molecule has 1 aliphatic rings. The van der Waals surface area contributed by atoms with Crippen LogP contribution in [0.1, 0.15) is 24.0 Å². The second kappa shape index (κ2) is 12.6. The highest BCUT2D eigenvalue weighted by atomic mass is 32.1. The summed E-state index contributed by atoms with van der Waals surface area (Å²) in [5, 5.41) is 10.9. The normalized spacial score (nSPS) is 15.4. The van der Waals surface area contributed by atoms with Crippen molar-refractivity contribution in [3.05, 3.63) is 96.1 Å². The Bertz CT molecular complexity index is 1530. The molecule has 2 unspecified atom stereocenters. The second-order valence-corrected chi connectivity index (χ2v) is 11.2. The van der Waals surface area contributed by atoms with Crippen LogP contribution in [0.2, 0.25) is 0 Å². The van der Waals surface area contributed by atoms with Crippen molar-refractivity contribution in [2.45, 2.75) is 37.8 Å². The lowest BCUT2D eigenvalue weighted by Crippen LogP contribution is -2.55. The summed E-state index contributed by atoms with van der Waals surface area (Å²) in [6, 6.07) is 27.5. The highest BCUT2D eigenvalue weighted by Crippen LogP contribution is 2.22. The van der Waals surface area contributed by atoms with Gasteiger partial charge in [0.15, 0.2) is 0 Å². The average molecular weight is 553 g/mol. The number of rotatable bonds is 9. The van der Waals surface area contributed by atoms with E-state index in [0.717, 1.165) is 58.6 Å². The fourth-order valence-electron chi connectivity index (χ4n) is 5.60. The van der Waals surface area contributed by atoms with Gasteiger partial charge in [0.05, 0.1) is 11.0 Å². The van der Waals surface area contributed by atoms with Crippen LogP contribution in [-0.2, 0) is 22.4 Å². The summed E-state index contributed by atoms with van der Waals surface area (Å²) in [6.45, 7) is 1.61. The van der Waals surface area contributed by atoms with E-state index in [2.05, 4.69) is 59.2 Å². The van der Waals surface area contributed by atoms with E-state index < -0.39 is 12.1 Å². The topological polar surface area (TPSA) is 87.5 Å². The monoisotopic (exact) mass is 552 g/mol. The fourth-order valence-corrected chi connectivity index (χ4v) is 5.74. The Balaban J connectivity index is 1.39. The molecule has 6 nitrogen and oxygen atoms in total. The first-order chi connectivity index (χ1) is 19.4. The highest BCUT2D eigenvalue weighted by Gasteiger charge is 2.33. The van der Waals surface area contributed by atoms with Gasteiger partial charge in [0, 0.05) is 19.4 Å². The number of hydrogen-bond donors (Lipinski definition) is 3. The Kier molecular flexibility index (Phi) is 8.72. The van der Waals surface area contributed by atoms with Gasteiger partial charge in [-0.25, -0.2) is 0 Å². The molecule has 4 N–H and O–H groups in total. The van der Waals surface area contributed by atoms with Crippen molar-refractivity contribution in [3.8, 4) is 0 Å². The van der Waals surface area contributed by atoms with E-state index in [9.17, 15) is 9.59 Å². The minimum atomic E-state index is -0.697. The van der Waals surface area contributed by atoms with Gasteiger partial charge in [-0.2, -0.15) is 0 Å². The van der Waals surface area contributed by atoms with E-state index in [1.807, 2.05) is 36.4 Å². The summed E-state index contributed by atoms with van der Waals surface area (Å²) >= 11 is 5.39. The number of thiocarbonyl (C=S) groups is 1. The van der Waals surface area contributed by atoms with Gasteiger partial charge in [0.25, 0.3) is 0 Å². The van der Waals surface area contributed by atoms with Crippen LogP contribution in [0.5, 0.6) is 0 Å². The van der Waals surface area contributed by atoms with Crippen molar-refractivity contribution in [1.82, 2.24) is 15.5 Å². The maximum absolute atomic E-state index is 13.9. The third kappa shape index (κ3) is 6.49. The maximum atomic E-state index is 13.9. The molecule has 0 saturated carbocycles. The van der Waals surface area contributed by atoms with E-state index in [0.29, 0.717) is 12.8 Å². The summed E-state index contributed by atoms with van der Waals surface area (Å²) in [7, 11) is 1.74. The van der Waals surface area contributed by atoms with E-state index in [1.54, 1.807) is 11.9 Å². The highest BCUT2D eigenvalue weighted by molar-refractivity contribution is 7.80. The second-order valence-electron chi connectivity index (χ2n) is 10.7. The largest absolute Gasteiger partial charge is 0.392 e. The number of hydrogen-bond acceptors (Lipinski definition) is 4. The molecule has 5 rings (SSSR count). The van der Waals surface area contributed by atoms with Crippen LogP contribution in [-0.4, -0.2) is 53.9 Å². The molecular formula is C33H36N4O2S. The molecule has 1 aliphatic heterocycles. The Morgan fingerprint density at radius 1 is 0.875 bits per heavy atom. The molecule has 4 aromatic rings. The molecule has 1 heterocycles. The molecule has 0 spiro atoms. The lowest BCUT2D eigenvalue weighted by atomic mass is 9.94. The molecule has 7 heteroatoms. The Hall–Kier alpha value is -3.81. The van der Waals surface area contributed by atoms with Gasteiger partial charge in [-0.15, -0.1) is 0 Å². The molecule has 0 radical (unpaired) electrons. The zero-order valence-corrected chi connectivity index (χ0v) is 23.6. The van der Waals surface area contributed by atoms with Crippen molar-refractivity contribution in [2.75, 3.05) is 20.1 Å². The number of nitrogens with one attached hydrogen (secondary N) is 2. The number of nitrogens with two attached hydrogens (primary N) is 1. The molecular weight excluding hydrogens is 516 g/mol. The molecule has 206 valence electrons. The van der Waals surface area contributed by atoms with Crippen LogP contribution in [0.3, 0.4) is 0 Å². The number of amides is 2. The number of likely N-dealkylation sites (N-methyl/N-ethyl adjacent to an activating group) is 1. The van der Waals surface area contributed by atoms with Crippen molar-refractivity contribution in [1.29, 1.82) is 0 Å². The first-order valence-electron chi connectivity index (χ1n) is 13.9. The summed E-state index contributed by atoms with van der Waals surface area (Å²) in [5.74, 6) is -0.345. The maximum Gasteiger partial charge on any atom is 0.243 e. The van der Waals surface area contributed by atoms with E-state index in [1.165, 1.54) is 0 Å². The number of nitrogens with zero attached hydrogens (tertiary/aromatic N) is 1. The number of carbonyl (C=O) groups is 2. The van der Waals surface area contributed by atoms with E-state index in [4.69, 9.17) is 18.0 Å².